The fraction of sp³-hybridized carbons (Fsp3) is 0.500. The average molecular weight is 447 g/mol. The number of carbonyl (C=O) groups excluding carboxylic acids is 1. The first-order valence-electron chi connectivity index (χ1n) is 10.7. The Labute approximate surface area is 182 Å². The molecule has 1 amide bonds. The van der Waals surface area contributed by atoms with E-state index in [2.05, 4.69) is 0 Å². The lowest BCUT2D eigenvalue weighted by Gasteiger charge is -2.33. The van der Waals surface area contributed by atoms with Gasteiger partial charge in [0.15, 0.2) is 0 Å². The molecule has 0 aliphatic carbocycles. The number of piperidine rings is 1. The third-order valence-electron chi connectivity index (χ3n) is 6.15. The molecule has 0 N–H and O–H groups in total. The minimum absolute atomic E-state index is 0.0642. The van der Waals surface area contributed by atoms with E-state index in [0.29, 0.717) is 43.1 Å². The smallest absolute Gasteiger partial charge is 0.228 e. The molecule has 0 bridgehead atoms. The maximum absolute atomic E-state index is 14.3. The predicted octanol–water partition coefficient (Wildman–Crippen LogP) is 2.93. The lowest BCUT2D eigenvalue weighted by Crippen LogP contribution is -2.41. The van der Waals surface area contributed by atoms with E-state index < -0.39 is 10.0 Å². The van der Waals surface area contributed by atoms with Gasteiger partial charge >= 0.3 is 0 Å². The quantitative estimate of drug-likeness (QED) is 0.705. The van der Waals surface area contributed by atoms with Crippen LogP contribution >= 0.6 is 0 Å². The molecule has 2 aliphatic heterocycles. The number of rotatable bonds is 5. The van der Waals surface area contributed by atoms with E-state index >= 15 is 0 Å². The van der Waals surface area contributed by atoms with Gasteiger partial charge in [0.25, 0.3) is 0 Å². The van der Waals surface area contributed by atoms with Gasteiger partial charge in [0.2, 0.25) is 15.9 Å². The maximum Gasteiger partial charge on any atom is 0.228 e. The molecule has 1 unspecified atom stereocenters. The molecule has 2 aliphatic rings. The molecular formula is C22H27FN4O3S. The van der Waals surface area contributed by atoms with Crippen LogP contribution in [0.3, 0.4) is 0 Å². The van der Waals surface area contributed by atoms with Crippen LogP contribution in [0.2, 0.25) is 0 Å². The van der Waals surface area contributed by atoms with E-state index in [1.165, 1.54) is 10.4 Å². The Hall–Kier alpha value is -2.39. The molecule has 1 aromatic carbocycles. The highest BCUT2D eigenvalue weighted by Gasteiger charge is 2.33. The fourth-order valence-electron chi connectivity index (χ4n) is 4.33. The Morgan fingerprint density at radius 2 is 1.97 bits per heavy atom. The van der Waals surface area contributed by atoms with Crippen molar-refractivity contribution < 1.29 is 17.6 Å². The van der Waals surface area contributed by atoms with Crippen molar-refractivity contribution in [2.24, 2.45) is 0 Å². The van der Waals surface area contributed by atoms with Crippen LogP contribution in [0.4, 0.5) is 10.2 Å². The molecule has 1 atom stereocenters. The molecule has 1 aromatic heterocycles. The van der Waals surface area contributed by atoms with Crippen molar-refractivity contribution in [3.05, 3.63) is 52.7 Å². The number of nitrogens with zero attached hydrogens (tertiary/aromatic N) is 4. The molecule has 7 nitrogen and oxygen atoms in total. The Balaban J connectivity index is 1.69. The van der Waals surface area contributed by atoms with Crippen molar-refractivity contribution in [2.45, 2.75) is 52.0 Å². The van der Waals surface area contributed by atoms with Crippen LogP contribution in [0.5, 0.6) is 0 Å². The first kappa shape index (κ1) is 21.8. The van der Waals surface area contributed by atoms with Gasteiger partial charge in [-0.25, -0.2) is 27.1 Å². The van der Waals surface area contributed by atoms with E-state index in [1.54, 1.807) is 30.0 Å². The third kappa shape index (κ3) is 4.34. The minimum atomic E-state index is -3.28. The molecule has 2 aromatic rings. The Bertz CT molecular complexity index is 1110. The Morgan fingerprint density at radius 1 is 1.19 bits per heavy atom. The van der Waals surface area contributed by atoms with Crippen LogP contribution < -0.4 is 4.90 Å². The first-order valence-corrected chi connectivity index (χ1v) is 12.3. The van der Waals surface area contributed by atoms with Crippen LogP contribution in [0.15, 0.2) is 24.3 Å². The number of halogens is 1. The summed E-state index contributed by atoms with van der Waals surface area (Å²) in [7, 11) is -3.28. The summed E-state index contributed by atoms with van der Waals surface area (Å²) in [5, 5.41) is 0. The van der Waals surface area contributed by atoms with E-state index in [9.17, 15) is 17.6 Å². The standard InChI is InChI=1S/C22H27FN4O3S/c1-3-31(29,30)26-12-6-8-17(13-26)21-24-15(2)18-10-11-20(28)27(22(18)25-21)14-16-7-4-5-9-19(16)23/h4-5,7,9,17H,3,6,8,10-14H2,1-2H3. The summed E-state index contributed by atoms with van der Waals surface area (Å²) in [5.74, 6) is 0.554. The van der Waals surface area contributed by atoms with Gasteiger partial charge in [-0.1, -0.05) is 18.2 Å². The molecule has 3 heterocycles. The summed E-state index contributed by atoms with van der Waals surface area (Å²) in [6.45, 7) is 4.49. The molecular weight excluding hydrogens is 419 g/mol. The number of aromatic nitrogens is 2. The number of amides is 1. The van der Waals surface area contributed by atoms with Crippen molar-refractivity contribution in [2.75, 3.05) is 23.7 Å². The van der Waals surface area contributed by atoms with Crippen LogP contribution in [0.25, 0.3) is 0 Å². The summed E-state index contributed by atoms with van der Waals surface area (Å²) in [6, 6.07) is 6.41. The molecule has 0 saturated carbocycles. The van der Waals surface area contributed by atoms with Crippen LogP contribution in [-0.2, 0) is 27.8 Å². The number of anilines is 1. The SMILES string of the molecule is CCS(=O)(=O)N1CCCC(c2nc(C)c3c(n2)N(Cc2ccccc2F)C(=O)CC3)C1. The summed E-state index contributed by atoms with van der Waals surface area (Å²) >= 11 is 0. The summed E-state index contributed by atoms with van der Waals surface area (Å²) in [4.78, 5) is 23.7. The van der Waals surface area contributed by atoms with Crippen molar-refractivity contribution in [3.8, 4) is 0 Å². The first-order chi connectivity index (χ1) is 14.8. The lowest BCUT2D eigenvalue weighted by molar-refractivity contribution is -0.119. The second-order valence-corrected chi connectivity index (χ2v) is 10.4. The maximum atomic E-state index is 14.3. The molecule has 9 heteroatoms. The third-order valence-corrected chi connectivity index (χ3v) is 8.00. The summed E-state index contributed by atoms with van der Waals surface area (Å²) in [5.41, 5.74) is 2.12. The molecule has 1 saturated heterocycles. The highest BCUT2D eigenvalue weighted by atomic mass is 32.2. The number of aryl methyl sites for hydroxylation is 1. The molecule has 0 spiro atoms. The molecule has 1 fully saturated rings. The normalized spacial score (nSPS) is 20.0. The van der Waals surface area contributed by atoms with Gasteiger partial charge in [-0.05, 0) is 39.2 Å². The van der Waals surface area contributed by atoms with Gasteiger partial charge < -0.3 is 0 Å². The fourth-order valence-corrected chi connectivity index (χ4v) is 5.51. The number of hydrogen-bond acceptors (Lipinski definition) is 5. The summed E-state index contributed by atoms with van der Waals surface area (Å²) in [6.07, 6.45) is 2.41. The van der Waals surface area contributed by atoms with Crippen LogP contribution in [-0.4, -0.2) is 47.4 Å². The zero-order chi connectivity index (χ0) is 22.2. The number of sulfonamides is 1. The van der Waals surface area contributed by atoms with E-state index in [4.69, 9.17) is 9.97 Å². The van der Waals surface area contributed by atoms with Gasteiger partial charge in [0, 0.05) is 42.2 Å². The summed E-state index contributed by atoms with van der Waals surface area (Å²) < 4.78 is 40.5. The second-order valence-electron chi connectivity index (χ2n) is 8.14. The van der Waals surface area contributed by atoms with Gasteiger partial charge in [0.05, 0.1) is 12.3 Å². The van der Waals surface area contributed by atoms with Crippen molar-refractivity contribution in [1.29, 1.82) is 0 Å². The number of fused-ring (bicyclic) bond motifs is 1. The average Bonchev–Trinajstić information content (AvgIpc) is 2.77. The predicted molar refractivity (Wildman–Crippen MR) is 116 cm³/mol. The molecule has 0 radical (unpaired) electrons. The molecule has 31 heavy (non-hydrogen) atoms. The van der Waals surface area contributed by atoms with Crippen molar-refractivity contribution in [1.82, 2.24) is 14.3 Å². The van der Waals surface area contributed by atoms with E-state index in [1.807, 2.05) is 6.92 Å². The zero-order valence-electron chi connectivity index (χ0n) is 17.8. The highest BCUT2D eigenvalue weighted by Crippen LogP contribution is 2.33. The topological polar surface area (TPSA) is 83.5 Å². The van der Waals surface area contributed by atoms with E-state index in [-0.39, 0.29) is 29.9 Å². The lowest BCUT2D eigenvalue weighted by atomic mass is 9.97. The highest BCUT2D eigenvalue weighted by molar-refractivity contribution is 7.89. The van der Waals surface area contributed by atoms with Crippen molar-refractivity contribution in [3.63, 3.8) is 0 Å². The second kappa shape index (κ2) is 8.63. The van der Waals surface area contributed by atoms with Crippen LogP contribution in [0, 0.1) is 12.7 Å². The number of hydrogen-bond donors (Lipinski definition) is 0. The van der Waals surface area contributed by atoms with E-state index in [0.717, 1.165) is 24.1 Å². The van der Waals surface area contributed by atoms with Gasteiger partial charge in [-0.3, -0.25) is 9.69 Å². The Morgan fingerprint density at radius 3 is 2.71 bits per heavy atom. The molecule has 166 valence electrons. The molecule has 4 rings (SSSR count). The van der Waals surface area contributed by atoms with Crippen LogP contribution in [0.1, 0.15) is 54.7 Å². The largest absolute Gasteiger partial charge is 0.292 e. The minimum Gasteiger partial charge on any atom is -0.292 e. The number of benzene rings is 1. The van der Waals surface area contributed by atoms with Gasteiger partial charge in [-0.15, -0.1) is 0 Å². The van der Waals surface area contributed by atoms with Crippen molar-refractivity contribution >= 4 is 21.7 Å². The monoisotopic (exact) mass is 446 g/mol. The van der Waals surface area contributed by atoms with Gasteiger partial charge in [-0.2, -0.15) is 0 Å². The zero-order valence-corrected chi connectivity index (χ0v) is 18.7. The number of carbonyl (C=O) groups is 1. The van der Waals surface area contributed by atoms with Gasteiger partial charge in [0.1, 0.15) is 17.5 Å². The Kier molecular flexibility index (Phi) is 6.07.